The fraction of sp³-hybridized carbons (Fsp3) is 0.375. The summed E-state index contributed by atoms with van der Waals surface area (Å²) in [5, 5.41) is 7.88. The lowest BCUT2D eigenvalue weighted by molar-refractivity contribution is -0.135. The lowest BCUT2D eigenvalue weighted by atomic mass is 9.81. The summed E-state index contributed by atoms with van der Waals surface area (Å²) in [5.74, 6) is -0.210. The lowest BCUT2D eigenvalue weighted by Gasteiger charge is -2.25. The van der Waals surface area contributed by atoms with Gasteiger partial charge in [-0.1, -0.05) is 30.3 Å². The lowest BCUT2D eigenvalue weighted by Crippen LogP contribution is -2.25. The van der Waals surface area contributed by atoms with Gasteiger partial charge in [-0.3, -0.25) is 5.41 Å². The number of carbonyl (C=O) groups is 1. The molecule has 0 radical (unpaired) electrons. The highest BCUT2D eigenvalue weighted by atomic mass is 16.5. The third-order valence-electron chi connectivity index (χ3n) is 3.65. The van der Waals surface area contributed by atoms with Gasteiger partial charge in [0.1, 0.15) is 5.71 Å². The molecule has 1 aliphatic rings. The van der Waals surface area contributed by atoms with E-state index in [1.54, 1.807) is 6.92 Å². The molecule has 20 heavy (non-hydrogen) atoms. The zero-order valence-electron chi connectivity index (χ0n) is 11.7. The molecule has 0 saturated heterocycles. The van der Waals surface area contributed by atoms with Gasteiger partial charge in [0.05, 0.1) is 6.61 Å². The van der Waals surface area contributed by atoms with Crippen molar-refractivity contribution in [3.8, 4) is 0 Å². The first kappa shape index (κ1) is 14.3. The summed E-state index contributed by atoms with van der Waals surface area (Å²) in [5.41, 5.74) is 8.54. The molecule has 2 rings (SSSR count). The second kappa shape index (κ2) is 6.37. The van der Waals surface area contributed by atoms with Crippen molar-refractivity contribution in [2.45, 2.75) is 32.1 Å². The van der Waals surface area contributed by atoms with Crippen molar-refractivity contribution in [2.24, 2.45) is 5.73 Å². The molecular weight excluding hydrogens is 252 g/mol. The van der Waals surface area contributed by atoms with Crippen molar-refractivity contribution in [2.75, 3.05) is 6.61 Å². The monoisotopic (exact) mass is 272 g/mol. The molecule has 3 N–H and O–H groups in total. The quantitative estimate of drug-likeness (QED) is 0.653. The number of esters is 1. The molecule has 0 saturated carbocycles. The van der Waals surface area contributed by atoms with Crippen LogP contribution >= 0.6 is 0 Å². The van der Waals surface area contributed by atoms with Gasteiger partial charge >= 0.3 is 5.97 Å². The second-order valence-electron chi connectivity index (χ2n) is 4.95. The van der Waals surface area contributed by atoms with Crippen LogP contribution in [0.5, 0.6) is 0 Å². The highest BCUT2D eigenvalue weighted by Gasteiger charge is 2.26. The molecule has 1 aromatic carbocycles. The molecule has 4 nitrogen and oxygen atoms in total. The van der Waals surface area contributed by atoms with Crippen molar-refractivity contribution < 1.29 is 9.53 Å². The molecule has 0 bridgehead atoms. The van der Waals surface area contributed by atoms with E-state index in [2.05, 4.69) is 12.1 Å². The number of allylic oxidation sites excluding steroid dienone is 1. The van der Waals surface area contributed by atoms with Crippen molar-refractivity contribution >= 4 is 11.7 Å². The summed E-state index contributed by atoms with van der Waals surface area (Å²) in [7, 11) is 0. The topological polar surface area (TPSA) is 76.2 Å². The van der Waals surface area contributed by atoms with Gasteiger partial charge in [-0.05, 0) is 37.7 Å². The van der Waals surface area contributed by atoms with E-state index in [0.29, 0.717) is 30.0 Å². The van der Waals surface area contributed by atoms with E-state index >= 15 is 0 Å². The Kier molecular flexibility index (Phi) is 4.56. The largest absolute Gasteiger partial charge is 0.461 e. The molecule has 1 atom stereocenters. The molecule has 0 heterocycles. The van der Waals surface area contributed by atoms with Crippen LogP contribution in [0.4, 0.5) is 0 Å². The van der Waals surface area contributed by atoms with Crippen LogP contribution in [0.15, 0.2) is 41.6 Å². The van der Waals surface area contributed by atoms with Crippen LogP contribution in [0.3, 0.4) is 0 Å². The predicted molar refractivity (Wildman–Crippen MR) is 78.6 cm³/mol. The number of carbonyl (C=O) groups excluding carboxylic acids is 1. The van der Waals surface area contributed by atoms with Gasteiger partial charge in [0, 0.05) is 11.3 Å². The average molecular weight is 272 g/mol. The van der Waals surface area contributed by atoms with Crippen LogP contribution in [0, 0.1) is 5.41 Å². The SMILES string of the molecule is CCOC(=O)C(=N)C1=C(N)CC(c2ccccc2)CC1. The number of hydrogen-bond acceptors (Lipinski definition) is 4. The maximum atomic E-state index is 11.6. The Morgan fingerprint density at radius 3 is 2.70 bits per heavy atom. The Balaban J connectivity index is 2.11. The van der Waals surface area contributed by atoms with E-state index in [9.17, 15) is 4.79 Å². The van der Waals surface area contributed by atoms with Crippen LogP contribution < -0.4 is 5.73 Å². The smallest absolute Gasteiger partial charge is 0.356 e. The molecule has 0 amide bonds. The van der Waals surface area contributed by atoms with Crippen LogP contribution in [-0.4, -0.2) is 18.3 Å². The Morgan fingerprint density at radius 1 is 1.40 bits per heavy atom. The summed E-state index contributed by atoms with van der Waals surface area (Å²) in [4.78, 5) is 11.6. The van der Waals surface area contributed by atoms with Gasteiger partial charge in [0.25, 0.3) is 0 Å². The minimum absolute atomic E-state index is 0.0872. The zero-order valence-corrected chi connectivity index (χ0v) is 11.7. The van der Waals surface area contributed by atoms with Gasteiger partial charge in [-0.2, -0.15) is 0 Å². The van der Waals surface area contributed by atoms with E-state index in [-0.39, 0.29) is 12.3 Å². The normalized spacial score (nSPS) is 18.8. The van der Waals surface area contributed by atoms with E-state index in [1.807, 2.05) is 18.2 Å². The molecular formula is C16H20N2O2. The summed E-state index contributed by atoms with van der Waals surface area (Å²) in [6, 6.07) is 10.2. The number of ether oxygens (including phenoxy) is 1. The molecule has 1 aromatic rings. The minimum Gasteiger partial charge on any atom is -0.461 e. The maximum Gasteiger partial charge on any atom is 0.356 e. The van der Waals surface area contributed by atoms with Crippen molar-refractivity contribution in [3.63, 3.8) is 0 Å². The molecule has 4 heteroatoms. The number of nitrogens with one attached hydrogen (secondary N) is 1. The van der Waals surface area contributed by atoms with Crippen LogP contribution in [0.2, 0.25) is 0 Å². The van der Waals surface area contributed by atoms with Gasteiger partial charge in [-0.15, -0.1) is 0 Å². The first-order chi connectivity index (χ1) is 9.63. The maximum absolute atomic E-state index is 11.6. The minimum atomic E-state index is -0.580. The summed E-state index contributed by atoms with van der Waals surface area (Å²) in [6.45, 7) is 2.01. The molecule has 0 aromatic heterocycles. The number of rotatable bonds is 4. The summed E-state index contributed by atoms with van der Waals surface area (Å²) < 4.78 is 4.86. The first-order valence-corrected chi connectivity index (χ1v) is 6.92. The highest BCUT2D eigenvalue weighted by Crippen LogP contribution is 2.34. The third-order valence-corrected chi connectivity index (χ3v) is 3.65. The molecule has 106 valence electrons. The second-order valence-corrected chi connectivity index (χ2v) is 4.95. The van der Waals surface area contributed by atoms with Crippen molar-refractivity contribution in [1.82, 2.24) is 0 Å². The fourth-order valence-corrected chi connectivity index (χ4v) is 2.59. The van der Waals surface area contributed by atoms with Crippen LogP contribution in [0.1, 0.15) is 37.7 Å². The van der Waals surface area contributed by atoms with Gasteiger partial charge in [-0.25, -0.2) is 4.79 Å². The van der Waals surface area contributed by atoms with Crippen LogP contribution in [0.25, 0.3) is 0 Å². The third kappa shape index (κ3) is 3.07. The molecule has 0 aliphatic heterocycles. The van der Waals surface area contributed by atoms with E-state index in [1.165, 1.54) is 5.56 Å². The number of benzene rings is 1. The Bertz CT molecular complexity index is 535. The number of hydrogen-bond donors (Lipinski definition) is 2. The molecule has 0 fully saturated rings. The average Bonchev–Trinajstić information content (AvgIpc) is 2.47. The first-order valence-electron chi connectivity index (χ1n) is 6.92. The molecule has 1 unspecified atom stereocenters. The van der Waals surface area contributed by atoms with E-state index < -0.39 is 5.97 Å². The Morgan fingerprint density at radius 2 is 2.10 bits per heavy atom. The summed E-state index contributed by atoms with van der Waals surface area (Å²) >= 11 is 0. The summed E-state index contributed by atoms with van der Waals surface area (Å²) in [6.07, 6.45) is 2.26. The van der Waals surface area contributed by atoms with E-state index in [0.717, 1.165) is 6.42 Å². The number of nitrogens with two attached hydrogens (primary N) is 1. The van der Waals surface area contributed by atoms with Crippen LogP contribution in [-0.2, 0) is 9.53 Å². The van der Waals surface area contributed by atoms with Gasteiger partial charge in [0.2, 0.25) is 0 Å². The highest BCUT2D eigenvalue weighted by molar-refractivity contribution is 6.42. The standard InChI is InChI=1S/C16H20N2O2/c1-2-20-16(19)15(18)13-9-8-12(10-14(13)17)11-6-4-3-5-7-11/h3-7,12,18H,2,8-10,17H2,1H3. The van der Waals surface area contributed by atoms with Crippen molar-refractivity contribution in [1.29, 1.82) is 5.41 Å². The Labute approximate surface area is 119 Å². The molecule has 0 spiro atoms. The van der Waals surface area contributed by atoms with E-state index in [4.69, 9.17) is 15.9 Å². The fourth-order valence-electron chi connectivity index (χ4n) is 2.59. The molecule has 1 aliphatic carbocycles. The zero-order chi connectivity index (χ0) is 14.5. The Hall–Kier alpha value is -2.10. The van der Waals surface area contributed by atoms with Gasteiger partial charge < -0.3 is 10.5 Å². The van der Waals surface area contributed by atoms with Gasteiger partial charge in [0.15, 0.2) is 0 Å². The predicted octanol–water partition coefficient (Wildman–Crippen LogP) is 2.75. The van der Waals surface area contributed by atoms with Crippen molar-refractivity contribution in [3.05, 3.63) is 47.2 Å².